The van der Waals surface area contributed by atoms with Crippen molar-refractivity contribution in [1.29, 1.82) is 0 Å². The Morgan fingerprint density at radius 1 is 1.25 bits per heavy atom. The van der Waals surface area contributed by atoms with Crippen molar-refractivity contribution in [2.24, 2.45) is 5.92 Å². The summed E-state index contributed by atoms with van der Waals surface area (Å²) >= 11 is 1.79. The molecular formula is C14H28N2O3S. The zero-order chi connectivity index (χ0) is 15.6. The van der Waals surface area contributed by atoms with Crippen LogP contribution in [0.5, 0.6) is 0 Å². The lowest BCUT2D eigenvalue weighted by molar-refractivity contribution is -0.137. The first-order chi connectivity index (χ1) is 9.39. The minimum Gasteiger partial charge on any atom is -0.481 e. The lowest BCUT2D eigenvalue weighted by atomic mass is 10.0. The highest BCUT2D eigenvalue weighted by Gasteiger charge is 2.25. The van der Waals surface area contributed by atoms with E-state index in [1.807, 2.05) is 6.92 Å². The molecule has 0 heterocycles. The molecule has 20 heavy (non-hydrogen) atoms. The average molecular weight is 304 g/mol. The van der Waals surface area contributed by atoms with Gasteiger partial charge in [-0.05, 0) is 31.4 Å². The van der Waals surface area contributed by atoms with Crippen molar-refractivity contribution in [3.05, 3.63) is 0 Å². The van der Waals surface area contributed by atoms with Gasteiger partial charge in [0.2, 0.25) is 0 Å². The number of aliphatic carboxylic acids is 1. The summed E-state index contributed by atoms with van der Waals surface area (Å²) in [6.45, 7) is 7.36. The van der Waals surface area contributed by atoms with E-state index in [2.05, 4.69) is 30.7 Å². The fourth-order valence-corrected chi connectivity index (χ4v) is 2.70. The second-order valence-corrected chi connectivity index (χ2v) is 6.47. The van der Waals surface area contributed by atoms with E-state index in [1.165, 1.54) is 0 Å². The zero-order valence-electron chi connectivity index (χ0n) is 13.0. The van der Waals surface area contributed by atoms with Crippen molar-refractivity contribution in [2.75, 3.05) is 19.3 Å². The van der Waals surface area contributed by atoms with Crippen LogP contribution < -0.4 is 10.6 Å². The molecule has 0 fully saturated rings. The van der Waals surface area contributed by atoms with E-state index in [0.29, 0.717) is 19.5 Å². The third-order valence-electron chi connectivity index (χ3n) is 3.75. The molecule has 0 aromatic carbocycles. The first-order valence-electron chi connectivity index (χ1n) is 7.17. The number of nitrogens with one attached hydrogen (secondary N) is 2. The van der Waals surface area contributed by atoms with E-state index in [-0.39, 0.29) is 23.1 Å². The van der Waals surface area contributed by atoms with Gasteiger partial charge in [-0.15, -0.1) is 0 Å². The SMILES string of the molecule is CCC(CC)(CNC(=O)NCC(C)CCC(=O)O)SC. The van der Waals surface area contributed by atoms with Crippen LogP contribution in [0.15, 0.2) is 0 Å². The summed E-state index contributed by atoms with van der Waals surface area (Å²) in [4.78, 5) is 22.2. The number of carbonyl (C=O) groups excluding carboxylic acids is 1. The van der Waals surface area contributed by atoms with Crippen molar-refractivity contribution in [2.45, 2.75) is 51.2 Å². The Balaban J connectivity index is 3.96. The van der Waals surface area contributed by atoms with Crippen LogP contribution in [0.1, 0.15) is 46.5 Å². The van der Waals surface area contributed by atoms with Gasteiger partial charge in [0, 0.05) is 24.3 Å². The maximum atomic E-state index is 11.7. The topological polar surface area (TPSA) is 78.4 Å². The molecule has 0 saturated heterocycles. The van der Waals surface area contributed by atoms with E-state index in [9.17, 15) is 9.59 Å². The number of carboxylic acids is 1. The molecule has 0 saturated carbocycles. The lowest BCUT2D eigenvalue weighted by Gasteiger charge is -2.29. The third kappa shape index (κ3) is 7.62. The quantitative estimate of drug-likeness (QED) is 0.580. The van der Waals surface area contributed by atoms with Gasteiger partial charge in [0.05, 0.1) is 0 Å². The predicted octanol–water partition coefficient (Wildman–Crippen LogP) is 2.71. The van der Waals surface area contributed by atoms with Crippen LogP contribution in [0.2, 0.25) is 0 Å². The Morgan fingerprint density at radius 2 is 1.85 bits per heavy atom. The van der Waals surface area contributed by atoms with Gasteiger partial charge in [-0.2, -0.15) is 11.8 Å². The van der Waals surface area contributed by atoms with E-state index in [4.69, 9.17) is 5.11 Å². The fourth-order valence-electron chi connectivity index (χ4n) is 1.90. The Morgan fingerprint density at radius 3 is 2.30 bits per heavy atom. The van der Waals surface area contributed by atoms with Gasteiger partial charge in [-0.3, -0.25) is 4.79 Å². The first kappa shape index (κ1) is 19.1. The van der Waals surface area contributed by atoms with Gasteiger partial charge in [0.1, 0.15) is 0 Å². The van der Waals surface area contributed by atoms with Crippen molar-refractivity contribution in [3.63, 3.8) is 0 Å². The standard InChI is InChI=1S/C14H28N2O3S/c1-5-14(6-2,20-4)10-16-13(19)15-9-11(3)7-8-12(17)18/h11H,5-10H2,1-4H3,(H,17,18)(H2,15,16,19). The normalized spacial score (nSPS) is 12.8. The summed E-state index contributed by atoms with van der Waals surface area (Å²) in [5.74, 6) is -0.628. The molecule has 6 heteroatoms. The average Bonchev–Trinajstić information content (AvgIpc) is 2.45. The Labute approximate surface area is 126 Å². The van der Waals surface area contributed by atoms with Crippen LogP contribution in [-0.2, 0) is 4.79 Å². The van der Waals surface area contributed by atoms with E-state index in [1.54, 1.807) is 11.8 Å². The van der Waals surface area contributed by atoms with E-state index >= 15 is 0 Å². The van der Waals surface area contributed by atoms with Gasteiger partial charge >= 0.3 is 12.0 Å². The van der Waals surface area contributed by atoms with Crippen molar-refractivity contribution < 1.29 is 14.7 Å². The van der Waals surface area contributed by atoms with Crippen LogP contribution >= 0.6 is 11.8 Å². The Hall–Kier alpha value is -0.910. The molecule has 5 nitrogen and oxygen atoms in total. The van der Waals surface area contributed by atoms with Crippen molar-refractivity contribution in [3.8, 4) is 0 Å². The number of carbonyl (C=O) groups is 2. The van der Waals surface area contributed by atoms with Crippen LogP contribution in [0, 0.1) is 5.92 Å². The van der Waals surface area contributed by atoms with Crippen LogP contribution in [0.25, 0.3) is 0 Å². The van der Waals surface area contributed by atoms with Gasteiger partial charge in [-0.1, -0.05) is 20.8 Å². The molecule has 0 bridgehead atoms. The highest BCUT2D eigenvalue weighted by Crippen LogP contribution is 2.29. The highest BCUT2D eigenvalue weighted by atomic mass is 32.2. The second-order valence-electron chi connectivity index (χ2n) is 5.20. The lowest BCUT2D eigenvalue weighted by Crippen LogP contribution is -2.45. The molecule has 0 aliphatic carbocycles. The third-order valence-corrected chi connectivity index (χ3v) is 5.34. The number of hydrogen-bond acceptors (Lipinski definition) is 3. The largest absolute Gasteiger partial charge is 0.481 e. The number of amides is 2. The molecule has 1 unspecified atom stereocenters. The van der Waals surface area contributed by atoms with Gasteiger partial charge < -0.3 is 15.7 Å². The summed E-state index contributed by atoms with van der Waals surface area (Å²) < 4.78 is 0.103. The molecule has 0 rings (SSSR count). The number of carboxylic acid groups (broad SMARTS) is 1. The maximum Gasteiger partial charge on any atom is 0.314 e. The monoisotopic (exact) mass is 304 g/mol. The molecule has 2 amide bonds. The summed E-state index contributed by atoms with van der Waals surface area (Å²) in [7, 11) is 0. The molecule has 1 atom stereocenters. The van der Waals surface area contributed by atoms with Crippen molar-refractivity contribution in [1.82, 2.24) is 10.6 Å². The summed E-state index contributed by atoms with van der Waals surface area (Å²) in [5, 5.41) is 14.3. The van der Waals surface area contributed by atoms with E-state index in [0.717, 1.165) is 12.8 Å². The minimum absolute atomic E-state index is 0.103. The molecular weight excluding hydrogens is 276 g/mol. The number of hydrogen-bond donors (Lipinski definition) is 3. The van der Waals surface area contributed by atoms with Crippen LogP contribution in [-0.4, -0.2) is 41.2 Å². The number of rotatable bonds is 10. The summed E-state index contributed by atoms with van der Waals surface area (Å²) in [6, 6.07) is -0.174. The molecule has 0 spiro atoms. The van der Waals surface area contributed by atoms with Gasteiger partial charge in [-0.25, -0.2) is 4.79 Å². The Bertz CT molecular complexity index is 299. The molecule has 0 aromatic rings. The Kier molecular flexibility index (Phi) is 9.46. The van der Waals surface area contributed by atoms with Crippen molar-refractivity contribution >= 4 is 23.8 Å². The smallest absolute Gasteiger partial charge is 0.314 e. The molecule has 118 valence electrons. The van der Waals surface area contributed by atoms with Gasteiger partial charge in [0.15, 0.2) is 0 Å². The van der Waals surface area contributed by atoms with E-state index < -0.39 is 5.97 Å². The molecule has 0 aliphatic rings. The van der Waals surface area contributed by atoms with Gasteiger partial charge in [0.25, 0.3) is 0 Å². The van der Waals surface area contributed by atoms with Crippen LogP contribution in [0.3, 0.4) is 0 Å². The number of urea groups is 1. The predicted molar refractivity (Wildman–Crippen MR) is 84.3 cm³/mol. The highest BCUT2D eigenvalue weighted by molar-refractivity contribution is 8.00. The second kappa shape index (κ2) is 9.91. The summed E-state index contributed by atoms with van der Waals surface area (Å²) in [6.07, 6.45) is 4.82. The molecule has 0 aliphatic heterocycles. The zero-order valence-corrected chi connectivity index (χ0v) is 13.8. The van der Waals surface area contributed by atoms with Crippen LogP contribution in [0.4, 0.5) is 4.79 Å². The fraction of sp³-hybridized carbons (Fsp3) is 0.857. The summed E-state index contributed by atoms with van der Waals surface area (Å²) in [5.41, 5.74) is 0. The molecule has 0 radical (unpaired) electrons. The molecule has 0 aromatic heterocycles. The first-order valence-corrected chi connectivity index (χ1v) is 8.40. The molecule has 3 N–H and O–H groups in total. The minimum atomic E-state index is -0.794. The number of thioether (sulfide) groups is 1. The maximum absolute atomic E-state index is 11.7.